The van der Waals surface area contributed by atoms with E-state index in [9.17, 15) is 5.11 Å². The van der Waals surface area contributed by atoms with Crippen LogP contribution in [0.1, 0.15) is 33.1 Å². The van der Waals surface area contributed by atoms with Crippen LogP contribution < -0.4 is 0 Å². The molecule has 122 valence electrons. The van der Waals surface area contributed by atoms with Crippen LogP contribution in [0.15, 0.2) is 0 Å². The van der Waals surface area contributed by atoms with Crippen molar-refractivity contribution >= 4 is 0 Å². The fourth-order valence-electron chi connectivity index (χ4n) is 4.10. The van der Waals surface area contributed by atoms with Crippen LogP contribution in [-0.2, 0) is 14.2 Å². The Bertz CT molecular complexity index is 348. The zero-order chi connectivity index (χ0) is 14.9. The number of nitrogens with zero attached hydrogens (tertiary/aromatic N) is 1. The molecule has 3 atom stereocenters. The molecule has 5 heteroatoms. The van der Waals surface area contributed by atoms with Crippen molar-refractivity contribution in [3.8, 4) is 0 Å². The summed E-state index contributed by atoms with van der Waals surface area (Å²) in [7, 11) is 0. The van der Waals surface area contributed by atoms with Crippen molar-refractivity contribution in [2.24, 2.45) is 5.92 Å². The molecule has 0 radical (unpaired) electrons. The Kier molecular flexibility index (Phi) is 4.58. The van der Waals surface area contributed by atoms with E-state index >= 15 is 0 Å². The Morgan fingerprint density at radius 1 is 1.14 bits per heavy atom. The summed E-state index contributed by atoms with van der Waals surface area (Å²) in [6, 6.07) is 0. The number of morpholine rings is 1. The standard InChI is InChI=1S/C16H29NO4/c1-15(2,17-5-9-19-10-6-17)14(18)13-3-7-21-16(11-13)4-8-20-12-16/h13-14,18H,3-12H2,1-2H3. The Balaban J connectivity index is 1.66. The maximum atomic E-state index is 11.0. The summed E-state index contributed by atoms with van der Waals surface area (Å²) in [4.78, 5) is 2.37. The zero-order valence-corrected chi connectivity index (χ0v) is 13.3. The van der Waals surface area contributed by atoms with Gasteiger partial charge in [0.15, 0.2) is 0 Å². The highest BCUT2D eigenvalue weighted by molar-refractivity contribution is 4.99. The van der Waals surface area contributed by atoms with Gasteiger partial charge in [-0.15, -0.1) is 0 Å². The van der Waals surface area contributed by atoms with Crippen LogP contribution in [0, 0.1) is 5.92 Å². The van der Waals surface area contributed by atoms with Gasteiger partial charge in [0.2, 0.25) is 0 Å². The van der Waals surface area contributed by atoms with Gasteiger partial charge in [-0.1, -0.05) is 0 Å². The van der Waals surface area contributed by atoms with Crippen molar-refractivity contribution < 1.29 is 19.3 Å². The molecule has 21 heavy (non-hydrogen) atoms. The van der Waals surface area contributed by atoms with Gasteiger partial charge in [0.25, 0.3) is 0 Å². The molecule has 0 bridgehead atoms. The van der Waals surface area contributed by atoms with Crippen LogP contribution in [0.5, 0.6) is 0 Å². The van der Waals surface area contributed by atoms with Gasteiger partial charge in [-0.2, -0.15) is 0 Å². The van der Waals surface area contributed by atoms with Crippen molar-refractivity contribution in [1.29, 1.82) is 0 Å². The van der Waals surface area contributed by atoms with Gasteiger partial charge in [-0.25, -0.2) is 0 Å². The predicted molar refractivity (Wildman–Crippen MR) is 79.3 cm³/mol. The lowest BCUT2D eigenvalue weighted by Crippen LogP contribution is -2.59. The molecule has 0 aromatic carbocycles. The van der Waals surface area contributed by atoms with Gasteiger partial charge in [-0.05, 0) is 32.6 Å². The van der Waals surface area contributed by atoms with E-state index in [1.807, 2.05) is 0 Å². The molecule has 0 saturated carbocycles. The van der Waals surface area contributed by atoms with E-state index in [4.69, 9.17) is 14.2 Å². The Morgan fingerprint density at radius 3 is 2.57 bits per heavy atom. The van der Waals surface area contributed by atoms with Crippen molar-refractivity contribution in [2.45, 2.75) is 50.4 Å². The van der Waals surface area contributed by atoms with Gasteiger partial charge < -0.3 is 19.3 Å². The topological polar surface area (TPSA) is 51.2 Å². The summed E-state index contributed by atoms with van der Waals surface area (Å²) in [5.74, 6) is 0.290. The smallest absolute Gasteiger partial charge is 0.0940 e. The average Bonchev–Trinajstić information content (AvgIpc) is 2.95. The monoisotopic (exact) mass is 299 g/mol. The molecule has 3 saturated heterocycles. The molecule has 0 aromatic rings. The number of aliphatic hydroxyl groups excluding tert-OH is 1. The second-order valence-electron chi connectivity index (χ2n) is 7.28. The van der Waals surface area contributed by atoms with E-state index in [1.165, 1.54) is 0 Å². The number of hydrogen-bond donors (Lipinski definition) is 1. The van der Waals surface area contributed by atoms with E-state index in [1.54, 1.807) is 0 Å². The molecule has 5 nitrogen and oxygen atoms in total. The lowest BCUT2D eigenvalue weighted by molar-refractivity contribution is -0.143. The first kappa shape index (κ1) is 15.7. The predicted octanol–water partition coefficient (Wildman–Crippen LogP) is 1.04. The summed E-state index contributed by atoms with van der Waals surface area (Å²) in [6.07, 6.45) is 2.49. The van der Waals surface area contributed by atoms with Crippen LogP contribution in [0.2, 0.25) is 0 Å². The minimum absolute atomic E-state index is 0.134. The maximum absolute atomic E-state index is 11.0. The molecule has 1 N–H and O–H groups in total. The summed E-state index contributed by atoms with van der Waals surface area (Å²) in [5, 5.41) is 11.0. The van der Waals surface area contributed by atoms with Crippen molar-refractivity contribution in [1.82, 2.24) is 4.90 Å². The molecular formula is C16H29NO4. The van der Waals surface area contributed by atoms with Crippen LogP contribution in [-0.4, -0.2) is 73.4 Å². The molecule has 3 fully saturated rings. The van der Waals surface area contributed by atoms with Gasteiger partial charge in [0.1, 0.15) is 0 Å². The molecule has 0 amide bonds. The Hall–Kier alpha value is -0.200. The van der Waals surface area contributed by atoms with Crippen molar-refractivity contribution in [2.75, 3.05) is 46.1 Å². The molecule has 3 aliphatic rings. The third kappa shape index (κ3) is 3.13. The second kappa shape index (κ2) is 6.13. The largest absolute Gasteiger partial charge is 0.391 e. The molecule has 3 unspecified atom stereocenters. The molecule has 3 heterocycles. The van der Waals surface area contributed by atoms with Crippen LogP contribution in [0.4, 0.5) is 0 Å². The molecule has 1 spiro atoms. The fraction of sp³-hybridized carbons (Fsp3) is 1.00. The van der Waals surface area contributed by atoms with Crippen molar-refractivity contribution in [3.05, 3.63) is 0 Å². The van der Waals surface area contributed by atoms with Crippen molar-refractivity contribution in [3.63, 3.8) is 0 Å². The van der Waals surface area contributed by atoms with Crippen LogP contribution in [0.25, 0.3) is 0 Å². The molecule has 0 aromatic heterocycles. The first-order valence-electron chi connectivity index (χ1n) is 8.26. The third-order valence-corrected chi connectivity index (χ3v) is 5.59. The molecule has 3 rings (SSSR count). The van der Waals surface area contributed by atoms with Gasteiger partial charge in [0, 0.05) is 38.3 Å². The van der Waals surface area contributed by atoms with Gasteiger partial charge >= 0.3 is 0 Å². The van der Waals surface area contributed by atoms with E-state index < -0.39 is 0 Å². The number of hydrogen-bond acceptors (Lipinski definition) is 5. The lowest BCUT2D eigenvalue weighted by atomic mass is 9.76. The maximum Gasteiger partial charge on any atom is 0.0940 e. The summed E-state index contributed by atoms with van der Waals surface area (Å²) in [5.41, 5.74) is -0.350. The quantitative estimate of drug-likeness (QED) is 0.844. The van der Waals surface area contributed by atoms with Crippen LogP contribution >= 0.6 is 0 Å². The van der Waals surface area contributed by atoms with Crippen LogP contribution in [0.3, 0.4) is 0 Å². The zero-order valence-electron chi connectivity index (χ0n) is 13.3. The molecule has 0 aliphatic carbocycles. The Labute approximate surface area is 127 Å². The van der Waals surface area contributed by atoms with E-state index in [0.29, 0.717) is 12.5 Å². The lowest BCUT2D eigenvalue weighted by Gasteiger charge is -2.48. The molecular weight excluding hydrogens is 270 g/mol. The first-order chi connectivity index (χ1) is 10.0. The normalized spacial score (nSPS) is 37.0. The summed E-state index contributed by atoms with van der Waals surface area (Å²) in [6.45, 7) is 9.88. The Morgan fingerprint density at radius 2 is 1.90 bits per heavy atom. The van der Waals surface area contributed by atoms with Gasteiger partial charge in [0.05, 0.1) is 31.5 Å². The average molecular weight is 299 g/mol. The number of ether oxygens (including phenoxy) is 3. The minimum atomic E-state index is -0.336. The summed E-state index contributed by atoms with van der Waals surface area (Å²) >= 11 is 0. The number of rotatable bonds is 3. The third-order valence-electron chi connectivity index (χ3n) is 5.59. The first-order valence-corrected chi connectivity index (χ1v) is 8.26. The SMILES string of the molecule is CC(C)(C(O)C1CCOC2(CCOC2)C1)N1CCOCC1. The second-order valence-corrected chi connectivity index (χ2v) is 7.28. The van der Waals surface area contributed by atoms with E-state index in [-0.39, 0.29) is 17.2 Å². The highest BCUT2D eigenvalue weighted by atomic mass is 16.6. The minimum Gasteiger partial charge on any atom is -0.391 e. The summed E-state index contributed by atoms with van der Waals surface area (Å²) < 4.78 is 17.0. The highest BCUT2D eigenvalue weighted by Gasteiger charge is 2.47. The van der Waals surface area contributed by atoms with E-state index in [2.05, 4.69) is 18.7 Å². The van der Waals surface area contributed by atoms with E-state index in [0.717, 1.165) is 58.8 Å². The van der Waals surface area contributed by atoms with Gasteiger partial charge in [-0.3, -0.25) is 4.90 Å². The number of aliphatic hydroxyl groups is 1. The fourth-order valence-corrected chi connectivity index (χ4v) is 4.10. The highest BCUT2D eigenvalue weighted by Crippen LogP contribution is 2.40. The molecule has 3 aliphatic heterocycles.